The van der Waals surface area contributed by atoms with Crippen molar-refractivity contribution in [2.45, 2.75) is 32.6 Å². The molecular weight excluding hydrogens is 290 g/mol. The number of nitrogens with zero attached hydrogens (tertiary/aromatic N) is 1. The van der Waals surface area contributed by atoms with Crippen LogP contribution in [-0.2, 0) is 6.42 Å². The molecule has 0 bridgehead atoms. The van der Waals surface area contributed by atoms with Gasteiger partial charge in [0.2, 0.25) is 0 Å². The van der Waals surface area contributed by atoms with Crippen molar-refractivity contribution >= 4 is 15.9 Å². The summed E-state index contributed by atoms with van der Waals surface area (Å²) in [7, 11) is 1.73. The predicted molar refractivity (Wildman–Crippen MR) is 79.5 cm³/mol. The monoisotopic (exact) mass is 311 g/mol. The maximum absolute atomic E-state index is 5.40. The van der Waals surface area contributed by atoms with Crippen LogP contribution in [-0.4, -0.2) is 31.6 Å². The first-order valence-electron chi connectivity index (χ1n) is 6.74. The Bertz CT molecular complexity index is 419. The van der Waals surface area contributed by atoms with Crippen molar-refractivity contribution in [3.05, 3.63) is 27.7 Å². The second kappa shape index (κ2) is 6.07. The molecule has 1 aliphatic heterocycles. The van der Waals surface area contributed by atoms with Crippen molar-refractivity contribution in [1.29, 1.82) is 0 Å². The molecule has 1 heterocycles. The first kappa shape index (κ1) is 13.9. The first-order valence-corrected chi connectivity index (χ1v) is 7.53. The normalized spacial score (nSPS) is 20.3. The second-order valence-electron chi connectivity index (χ2n) is 5.14. The van der Waals surface area contributed by atoms with Gasteiger partial charge >= 0.3 is 0 Å². The van der Waals surface area contributed by atoms with E-state index in [0.717, 1.165) is 23.2 Å². The molecule has 18 heavy (non-hydrogen) atoms. The van der Waals surface area contributed by atoms with E-state index >= 15 is 0 Å². The van der Waals surface area contributed by atoms with E-state index in [-0.39, 0.29) is 0 Å². The SMILES string of the molecule is CCCN1CCc2cc(OC)c(Br)cc2[C@@H](C)C1. The van der Waals surface area contributed by atoms with Crippen molar-refractivity contribution in [2.24, 2.45) is 0 Å². The zero-order chi connectivity index (χ0) is 13.1. The summed E-state index contributed by atoms with van der Waals surface area (Å²) < 4.78 is 6.47. The fraction of sp³-hybridized carbons (Fsp3) is 0.600. The van der Waals surface area contributed by atoms with E-state index in [1.165, 1.54) is 30.6 Å². The maximum Gasteiger partial charge on any atom is 0.133 e. The summed E-state index contributed by atoms with van der Waals surface area (Å²) in [5.41, 5.74) is 2.92. The topological polar surface area (TPSA) is 12.5 Å². The third-order valence-corrected chi connectivity index (χ3v) is 4.33. The zero-order valence-corrected chi connectivity index (χ0v) is 13.1. The molecule has 100 valence electrons. The van der Waals surface area contributed by atoms with Crippen LogP contribution in [0.15, 0.2) is 16.6 Å². The van der Waals surface area contributed by atoms with E-state index in [1.54, 1.807) is 7.11 Å². The van der Waals surface area contributed by atoms with Gasteiger partial charge in [-0.25, -0.2) is 0 Å². The van der Waals surface area contributed by atoms with Gasteiger partial charge in [0.1, 0.15) is 5.75 Å². The highest BCUT2D eigenvalue weighted by Crippen LogP contribution is 2.34. The molecule has 0 amide bonds. The summed E-state index contributed by atoms with van der Waals surface area (Å²) in [4.78, 5) is 2.57. The van der Waals surface area contributed by atoms with Crippen molar-refractivity contribution in [2.75, 3.05) is 26.7 Å². The van der Waals surface area contributed by atoms with Gasteiger partial charge in [-0.05, 0) is 64.5 Å². The van der Waals surface area contributed by atoms with E-state index in [0.29, 0.717) is 5.92 Å². The molecule has 1 aromatic carbocycles. The van der Waals surface area contributed by atoms with Crippen LogP contribution in [0.1, 0.15) is 37.3 Å². The van der Waals surface area contributed by atoms with E-state index in [9.17, 15) is 0 Å². The minimum Gasteiger partial charge on any atom is -0.496 e. The summed E-state index contributed by atoms with van der Waals surface area (Å²) in [5, 5.41) is 0. The molecule has 0 aromatic heterocycles. The molecule has 0 saturated carbocycles. The van der Waals surface area contributed by atoms with Crippen LogP contribution in [0.25, 0.3) is 0 Å². The standard InChI is InChI=1S/C15H22BrNO/c1-4-6-17-7-5-12-8-15(18-3)14(16)9-13(12)11(2)10-17/h8-9,11H,4-7,10H2,1-3H3/t11-/m0/s1. The largest absolute Gasteiger partial charge is 0.496 e. The van der Waals surface area contributed by atoms with Crippen LogP contribution < -0.4 is 4.74 Å². The maximum atomic E-state index is 5.40. The van der Waals surface area contributed by atoms with Gasteiger partial charge in [0, 0.05) is 13.1 Å². The number of fused-ring (bicyclic) bond motifs is 1. The van der Waals surface area contributed by atoms with Crippen molar-refractivity contribution in [3.63, 3.8) is 0 Å². The van der Waals surface area contributed by atoms with Crippen LogP contribution in [0.3, 0.4) is 0 Å². The summed E-state index contributed by atoms with van der Waals surface area (Å²) in [6.45, 7) is 8.11. The van der Waals surface area contributed by atoms with Gasteiger partial charge < -0.3 is 9.64 Å². The molecule has 0 radical (unpaired) electrons. The molecule has 0 aliphatic carbocycles. The van der Waals surface area contributed by atoms with E-state index in [4.69, 9.17) is 4.74 Å². The smallest absolute Gasteiger partial charge is 0.133 e. The quantitative estimate of drug-likeness (QED) is 0.841. The lowest BCUT2D eigenvalue weighted by Gasteiger charge is -2.21. The highest BCUT2D eigenvalue weighted by molar-refractivity contribution is 9.10. The Balaban J connectivity index is 2.29. The van der Waals surface area contributed by atoms with Crippen LogP contribution >= 0.6 is 15.9 Å². The van der Waals surface area contributed by atoms with Crippen LogP contribution in [0, 0.1) is 0 Å². The van der Waals surface area contributed by atoms with E-state index in [1.807, 2.05) is 0 Å². The Kier molecular flexibility index (Phi) is 4.68. The number of rotatable bonds is 3. The highest BCUT2D eigenvalue weighted by atomic mass is 79.9. The van der Waals surface area contributed by atoms with E-state index in [2.05, 4.69) is 46.8 Å². The van der Waals surface area contributed by atoms with Crippen LogP contribution in [0.4, 0.5) is 0 Å². The molecule has 1 aliphatic rings. The van der Waals surface area contributed by atoms with Gasteiger partial charge in [-0.1, -0.05) is 13.8 Å². The van der Waals surface area contributed by atoms with Gasteiger partial charge in [0.15, 0.2) is 0 Å². The van der Waals surface area contributed by atoms with Crippen molar-refractivity contribution in [1.82, 2.24) is 4.90 Å². The molecule has 0 N–H and O–H groups in total. The van der Waals surface area contributed by atoms with Crippen LogP contribution in [0.2, 0.25) is 0 Å². The fourth-order valence-corrected chi connectivity index (χ4v) is 3.34. The Morgan fingerprint density at radius 1 is 1.44 bits per heavy atom. The molecule has 0 unspecified atom stereocenters. The number of benzene rings is 1. The molecule has 0 fully saturated rings. The molecule has 2 rings (SSSR count). The molecule has 1 aromatic rings. The fourth-order valence-electron chi connectivity index (χ4n) is 2.82. The molecule has 0 saturated heterocycles. The van der Waals surface area contributed by atoms with Crippen LogP contribution in [0.5, 0.6) is 5.75 Å². The lowest BCUT2D eigenvalue weighted by atomic mass is 9.95. The Morgan fingerprint density at radius 2 is 2.22 bits per heavy atom. The Hall–Kier alpha value is -0.540. The minimum absolute atomic E-state index is 0.594. The molecule has 3 heteroatoms. The number of methoxy groups -OCH3 is 1. The first-order chi connectivity index (χ1) is 8.65. The second-order valence-corrected chi connectivity index (χ2v) is 5.99. The van der Waals surface area contributed by atoms with Gasteiger partial charge in [-0.3, -0.25) is 0 Å². The van der Waals surface area contributed by atoms with Gasteiger partial charge in [0.25, 0.3) is 0 Å². The van der Waals surface area contributed by atoms with Gasteiger partial charge in [-0.15, -0.1) is 0 Å². The third-order valence-electron chi connectivity index (χ3n) is 3.71. The van der Waals surface area contributed by atoms with Crippen molar-refractivity contribution < 1.29 is 4.74 Å². The van der Waals surface area contributed by atoms with Gasteiger partial charge in [0.05, 0.1) is 11.6 Å². The minimum atomic E-state index is 0.594. The summed E-state index contributed by atoms with van der Waals surface area (Å²) in [5.74, 6) is 1.54. The Morgan fingerprint density at radius 3 is 2.89 bits per heavy atom. The zero-order valence-electron chi connectivity index (χ0n) is 11.5. The van der Waals surface area contributed by atoms with Crippen molar-refractivity contribution in [3.8, 4) is 5.75 Å². The lowest BCUT2D eigenvalue weighted by molar-refractivity contribution is 0.273. The third kappa shape index (κ3) is 2.89. The Labute approximate surface area is 118 Å². The summed E-state index contributed by atoms with van der Waals surface area (Å²) >= 11 is 3.60. The molecule has 2 nitrogen and oxygen atoms in total. The predicted octanol–water partition coefficient (Wildman–Crippen LogP) is 3.83. The molecular formula is C15H22BrNO. The number of ether oxygens (including phenoxy) is 1. The average molecular weight is 312 g/mol. The molecule has 1 atom stereocenters. The number of halogens is 1. The summed E-state index contributed by atoms with van der Waals surface area (Å²) in [6, 6.07) is 4.44. The number of hydrogen-bond acceptors (Lipinski definition) is 2. The van der Waals surface area contributed by atoms with Gasteiger partial charge in [-0.2, -0.15) is 0 Å². The number of hydrogen-bond donors (Lipinski definition) is 0. The average Bonchev–Trinajstić information content (AvgIpc) is 2.49. The van der Waals surface area contributed by atoms with E-state index < -0.39 is 0 Å². The lowest BCUT2D eigenvalue weighted by Crippen LogP contribution is -2.28. The molecule has 0 spiro atoms. The summed E-state index contributed by atoms with van der Waals surface area (Å²) in [6.07, 6.45) is 2.36. The highest BCUT2D eigenvalue weighted by Gasteiger charge is 2.21.